The molecule has 0 aliphatic carbocycles. The summed E-state index contributed by atoms with van der Waals surface area (Å²) >= 11 is 0. The minimum absolute atomic E-state index is 0.247. The van der Waals surface area contributed by atoms with Crippen molar-refractivity contribution in [3.63, 3.8) is 0 Å². The Labute approximate surface area is 125 Å². The SMILES string of the molecule is CC(OC(=O)C(C)(C)c1ccc(N)cc1)c1ccccc1. The van der Waals surface area contributed by atoms with Gasteiger partial charge in [-0.15, -0.1) is 0 Å². The van der Waals surface area contributed by atoms with Gasteiger partial charge >= 0.3 is 5.97 Å². The van der Waals surface area contributed by atoms with Crippen LogP contribution in [0.25, 0.3) is 0 Å². The molecule has 0 aliphatic rings. The van der Waals surface area contributed by atoms with Gasteiger partial charge in [-0.1, -0.05) is 42.5 Å². The fraction of sp³-hybridized carbons (Fsp3) is 0.278. The molecule has 3 nitrogen and oxygen atoms in total. The molecule has 1 atom stereocenters. The first-order valence-electron chi connectivity index (χ1n) is 7.03. The van der Waals surface area contributed by atoms with Crippen molar-refractivity contribution in [1.29, 1.82) is 0 Å². The van der Waals surface area contributed by atoms with Gasteiger partial charge in [0.05, 0.1) is 5.41 Å². The summed E-state index contributed by atoms with van der Waals surface area (Å²) in [7, 11) is 0. The number of nitrogens with two attached hydrogens (primary N) is 1. The Hall–Kier alpha value is -2.29. The fourth-order valence-electron chi connectivity index (χ4n) is 2.12. The number of anilines is 1. The molecule has 0 aliphatic heterocycles. The van der Waals surface area contributed by atoms with E-state index in [1.807, 2.05) is 63.2 Å². The van der Waals surface area contributed by atoms with Crippen molar-refractivity contribution in [2.75, 3.05) is 5.73 Å². The average Bonchev–Trinajstić information content (AvgIpc) is 2.48. The molecular formula is C18H21NO2. The van der Waals surface area contributed by atoms with Gasteiger partial charge in [-0.2, -0.15) is 0 Å². The summed E-state index contributed by atoms with van der Waals surface area (Å²) in [6.07, 6.45) is -0.272. The Morgan fingerprint density at radius 2 is 1.62 bits per heavy atom. The molecule has 0 saturated carbocycles. The van der Waals surface area contributed by atoms with Gasteiger partial charge in [-0.05, 0) is 44.0 Å². The Morgan fingerprint density at radius 1 is 1.05 bits per heavy atom. The molecule has 3 heteroatoms. The van der Waals surface area contributed by atoms with E-state index >= 15 is 0 Å². The van der Waals surface area contributed by atoms with Crippen LogP contribution in [0.4, 0.5) is 5.69 Å². The number of rotatable bonds is 4. The molecule has 0 bridgehead atoms. The monoisotopic (exact) mass is 283 g/mol. The molecule has 0 spiro atoms. The molecule has 0 saturated heterocycles. The maximum Gasteiger partial charge on any atom is 0.316 e. The third-order valence-corrected chi connectivity index (χ3v) is 3.70. The molecule has 0 aromatic heterocycles. The molecule has 110 valence electrons. The lowest BCUT2D eigenvalue weighted by Gasteiger charge is -2.25. The summed E-state index contributed by atoms with van der Waals surface area (Å²) in [4.78, 5) is 12.5. The Balaban J connectivity index is 2.13. The zero-order chi connectivity index (χ0) is 15.5. The number of hydrogen-bond acceptors (Lipinski definition) is 3. The van der Waals surface area contributed by atoms with Crippen molar-refractivity contribution >= 4 is 11.7 Å². The minimum Gasteiger partial charge on any atom is -0.457 e. The maximum atomic E-state index is 12.5. The van der Waals surface area contributed by atoms with E-state index in [4.69, 9.17) is 10.5 Å². The highest BCUT2D eigenvalue weighted by Gasteiger charge is 2.32. The summed E-state index contributed by atoms with van der Waals surface area (Å²) in [5, 5.41) is 0. The van der Waals surface area contributed by atoms with Gasteiger partial charge in [0.25, 0.3) is 0 Å². The molecule has 0 heterocycles. The molecule has 0 amide bonds. The molecule has 0 fully saturated rings. The largest absolute Gasteiger partial charge is 0.457 e. The number of carbonyl (C=O) groups excluding carboxylic acids is 1. The first kappa shape index (κ1) is 15.1. The van der Waals surface area contributed by atoms with Crippen LogP contribution in [-0.2, 0) is 14.9 Å². The van der Waals surface area contributed by atoms with Gasteiger partial charge in [0, 0.05) is 5.69 Å². The highest BCUT2D eigenvalue weighted by molar-refractivity contribution is 5.82. The molecule has 21 heavy (non-hydrogen) atoms. The summed E-state index contributed by atoms with van der Waals surface area (Å²) in [6, 6.07) is 17.0. The van der Waals surface area contributed by atoms with Crippen molar-refractivity contribution in [3.8, 4) is 0 Å². The second-order valence-electron chi connectivity index (χ2n) is 5.71. The lowest BCUT2D eigenvalue weighted by Crippen LogP contribution is -2.31. The highest BCUT2D eigenvalue weighted by Crippen LogP contribution is 2.28. The fourth-order valence-corrected chi connectivity index (χ4v) is 2.12. The normalized spacial score (nSPS) is 12.7. The van der Waals surface area contributed by atoms with Crippen LogP contribution >= 0.6 is 0 Å². The standard InChI is InChI=1S/C18H21NO2/c1-13(14-7-5-4-6-8-14)21-17(20)18(2,3)15-9-11-16(19)12-10-15/h4-13H,19H2,1-3H3. The van der Waals surface area contributed by atoms with Gasteiger partial charge < -0.3 is 10.5 Å². The first-order chi connectivity index (χ1) is 9.91. The molecular weight excluding hydrogens is 262 g/mol. The quantitative estimate of drug-likeness (QED) is 0.685. The molecule has 2 rings (SSSR count). The summed E-state index contributed by atoms with van der Waals surface area (Å²) < 4.78 is 5.62. The summed E-state index contributed by atoms with van der Waals surface area (Å²) in [5.74, 6) is -0.247. The smallest absolute Gasteiger partial charge is 0.316 e. The van der Waals surface area contributed by atoms with Crippen LogP contribution in [0.5, 0.6) is 0 Å². The first-order valence-corrected chi connectivity index (χ1v) is 7.03. The van der Waals surface area contributed by atoms with E-state index in [-0.39, 0.29) is 12.1 Å². The van der Waals surface area contributed by atoms with Gasteiger partial charge in [0.2, 0.25) is 0 Å². The van der Waals surface area contributed by atoms with E-state index in [0.717, 1.165) is 11.1 Å². The van der Waals surface area contributed by atoms with E-state index in [2.05, 4.69) is 0 Å². The molecule has 1 unspecified atom stereocenters. The van der Waals surface area contributed by atoms with Crippen LogP contribution in [0, 0.1) is 0 Å². The highest BCUT2D eigenvalue weighted by atomic mass is 16.5. The van der Waals surface area contributed by atoms with Crippen LogP contribution in [-0.4, -0.2) is 5.97 Å². The Bertz CT molecular complexity index is 603. The number of hydrogen-bond donors (Lipinski definition) is 1. The maximum absolute atomic E-state index is 12.5. The lowest BCUT2D eigenvalue weighted by atomic mass is 9.84. The summed E-state index contributed by atoms with van der Waals surface area (Å²) in [6.45, 7) is 5.60. The zero-order valence-corrected chi connectivity index (χ0v) is 12.7. The second-order valence-corrected chi connectivity index (χ2v) is 5.71. The van der Waals surface area contributed by atoms with Crippen LogP contribution in [0.1, 0.15) is 38.0 Å². The van der Waals surface area contributed by atoms with Crippen molar-refractivity contribution in [3.05, 3.63) is 65.7 Å². The number of ether oxygens (including phenoxy) is 1. The van der Waals surface area contributed by atoms with Crippen molar-refractivity contribution < 1.29 is 9.53 Å². The van der Waals surface area contributed by atoms with Crippen LogP contribution in [0.15, 0.2) is 54.6 Å². The molecule has 0 radical (unpaired) electrons. The Kier molecular flexibility index (Phi) is 4.32. The van der Waals surface area contributed by atoms with Crippen molar-refractivity contribution in [2.45, 2.75) is 32.3 Å². The van der Waals surface area contributed by atoms with Gasteiger partial charge in [0.1, 0.15) is 6.10 Å². The average molecular weight is 283 g/mol. The van der Waals surface area contributed by atoms with E-state index in [0.29, 0.717) is 5.69 Å². The van der Waals surface area contributed by atoms with Crippen molar-refractivity contribution in [2.24, 2.45) is 0 Å². The molecule has 2 aromatic carbocycles. The summed E-state index contributed by atoms with van der Waals surface area (Å²) in [5.41, 5.74) is 7.53. The Morgan fingerprint density at radius 3 is 2.19 bits per heavy atom. The van der Waals surface area contributed by atoms with E-state index in [1.54, 1.807) is 12.1 Å². The van der Waals surface area contributed by atoms with Crippen LogP contribution < -0.4 is 5.73 Å². The topological polar surface area (TPSA) is 52.3 Å². The third kappa shape index (κ3) is 3.43. The molecule has 2 N–H and O–H groups in total. The van der Waals surface area contributed by atoms with E-state index < -0.39 is 5.41 Å². The van der Waals surface area contributed by atoms with Crippen LogP contribution in [0.2, 0.25) is 0 Å². The predicted octanol–water partition coefficient (Wildman–Crippen LogP) is 3.85. The number of nitrogen functional groups attached to an aromatic ring is 1. The molecule has 2 aromatic rings. The number of carbonyl (C=O) groups is 1. The van der Waals surface area contributed by atoms with Crippen LogP contribution in [0.3, 0.4) is 0 Å². The lowest BCUT2D eigenvalue weighted by molar-refractivity contribution is -0.154. The second kappa shape index (κ2) is 6.00. The zero-order valence-electron chi connectivity index (χ0n) is 12.7. The minimum atomic E-state index is -0.712. The third-order valence-electron chi connectivity index (χ3n) is 3.70. The van der Waals surface area contributed by atoms with E-state index in [1.165, 1.54) is 0 Å². The van der Waals surface area contributed by atoms with Gasteiger partial charge in [-0.3, -0.25) is 4.79 Å². The van der Waals surface area contributed by atoms with Crippen molar-refractivity contribution in [1.82, 2.24) is 0 Å². The van der Waals surface area contributed by atoms with E-state index in [9.17, 15) is 4.79 Å². The number of esters is 1. The van der Waals surface area contributed by atoms with Gasteiger partial charge in [-0.25, -0.2) is 0 Å². The van der Waals surface area contributed by atoms with Gasteiger partial charge in [0.15, 0.2) is 0 Å². The number of benzene rings is 2. The predicted molar refractivity (Wildman–Crippen MR) is 84.8 cm³/mol.